The third-order valence-corrected chi connectivity index (χ3v) is 5.95. The molecule has 0 spiro atoms. The van der Waals surface area contributed by atoms with Gasteiger partial charge in [-0.25, -0.2) is 4.99 Å². The molecule has 1 N–H and O–H groups in total. The van der Waals surface area contributed by atoms with E-state index in [1.165, 1.54) is 11.8 Å². The van der Waals surface area contributed by atoms with Crippen molar-refractivity contribution in [3.63, 3.8) is 0 Å². The third kappa shape index (κ3) is 4.37. The predicted octanol–water partition coefficient (Wildman–Crippen LogP) is 5.36. The quantitative estimate of drug-likeness (QED) is 0.664. The maximum absolute atomic E-state index is 12.2. The number of nitrogens with one attached hydrogen (secondary N) is 1. The standard InChI is InChI=1S/C20H19BrN2O2S/c1-4-25-16-7-5-14(6-8-16)11-17-19(24)23-20(26-17)22-15-9-12(2)18(21)13(3)10-15/h5-11H,4H2,1-3H3,(H,22,23,24)/b17-11-. The minimum Gasteiger partial charge on any atom is -0.494 e. The summed E-state index contributed by atoms with van der Waals surface area (Å²) in [4.78, 5) is 17.4. The molecule has 0 unspecified atom stereocenters. The van der Waals surface area contributed by atoms with Gasteiger partial charge in [0.2, 0.25) is 0 Å². The highest BCUT2D eigenvalue weighted by Gasteiger charge is 2.23. The normalized spacial score (nSPS) is 17.0. The van der Waals surface area contributed by atoms with E-state index in [9.17, 15) is 4.79 Å². The van der Waals surface area contributed by atoms with E-state index in [2.05, 4.69) is 26.2 Å². The van der Waals surface area contributed by atoms with Crippen molar-refractivity contribution < 1.29 is 9.53 Å². The van der Waals surface area contributed by atoms with Crippen LogP contribution in [0.25, 0.3) is 6.08 Å². The van der Waals surface area contributed by atoms with Gasteiger partial charge in [-0.2, -0.15) is 0 Å². The van der Waals surface area contributed by atoms with Crippen molar-refractivity contribution in [3.05, 3.63) is 62.5 Å². The number of rotatable bonds is 4. The van der Waals surface area contributed by atoms with Gasteiger partial charge in [0.15, 0.2) is 5.17 Å². The van der Waals surface area contributed by atoms with Crippen LogP contribution >= 0.6 is 27.7 Å². The van der Waals surface area contributed by atoms with E-state index in [-0.39, 0.29) is 5.91 Å². The van der Waals surface area contributed by atoms with Gasteiger partial charge in [-0.1, -0.05) is 28.1 Å². The number of aliphatic imine (C=N–C) groups is 1. The number of thioether (sulfide) groups is 1. The molecule has 6 heteroatoms. The molecule has 1 saturated heterocycles. The number of carbonyl (C=O) groups excluding carboxylic acids is 1. The molecular formula is C20H19BrN2O2S. The highest BCUT2D eigenvalue weighted by atomic mass is 79.9. The Balaban J connectivity index is 1.79. The molecule has 134 valence electrons. The van der Waals surface area contributed by atoms with Gasteiger partial charge in [-0.05, 0) is 79.6 Å². The van der Waals surface area contributed by atoms with Gasteiger partial charge in [0.1, 0.15) is 5.75 Å². The van der Waals surface area contributed by atoms with Gasteiger partial charge >= 0.3 is 0 Å². The summed E-state index contributed by atoms with van der Waals surface area (Å²) in [5, 5.41) is 3.42. The molecule has 1 aliphatic rings. The summed E-state index contributed by atoms with van der Waals surface area (Å²) in [6, 6.07) is 11.6. The first-order valence-corrected chi connectivity index (χ1v) is 9.86. The van der Waals surface area contributed by atoms with Gasteiger partial charge in [0, 0.05) is 4.47 Å². The molecule has 0 saturated carbocycles. The van der Waals surface area contributed by atoms with Crippen molar-refractivity contribution in [2.24, 2.45) is 4.99 Å². The number of hydrogen-bond acceptors (Lipinski definition) is 4. The van der Waals surface area contributed by atoms with Crippen LogP contribution < -0.4 is 10.1 Å². The number of aryl methyl sites for hydroxylation is 2. The third-order valence-electron chi connectivity index (χ3n) is 3.79. The zero-order valence-corrected chi connectivity index (χ0v) is 17.2. The first-order valence-electron chi connectivity index (χ1n) is 8.25. The van der Waals surface area contributed by atoms with Crippen LogP contribution in [0.5, 0.6) is 5.75 Å². The fourth-order valence-electron chi connectivity index (χ4n) is 2.56. The number of halogens is 1. The van der Waals surface area contributed by atoms with Gasteiger partial charge in [-0.3, -0.25) is 4.79 Å². The zero-order chi connectivity index (χ0) is 18.7. The lowest BCUT2D eigenvalue weighted by Crippen LogP contribution is -2.19. The fourth-order valence-corrected chi connectivity index (χ4v) is 3.63. The van der Waals surface area contributed by atoms with Gasteiger partial charge in [0.25, 0.3) is 5.91 Å². The molecule has 0 atom stereocenters. The molecule has 1 fully saturated rings. The van der Waals surface area contributed by atoms with Crippen molar-refractivity contribution in [2.75, 3.05) is 6.61 Å². The molecule has 0 aliphatic carbocycles. The Labute approximate surface area is 165 Å². The van der Waals surface area contributed by atoms with Crippen LogP contribution in [0, 0.1) is 13.8 Å². The molecule has 3 rings (SSSR count). The van der Waals surface area contributed by atoms with Crippen LogP contribution in [0.2, 0.25) is 0 Å². The van der Waals surface area contributed by atoms with Crippen LogP contribution in [0.1, 0.15) is 23.6 Å². The lowest BCUT2D eigenvalue weighted by molar-refractivity contribution is -0.115. The second-order valence-corrected chi connectivity index (χ2v) is 7.70. The van der Waals surface area contributed by atoms with E-state index in [0.717, 1.165) is 32.6 Å². The molecular weight excluding hydrogens is 412 g/mol. The topological polar surface area (TPSA) is 50.7 Å². The Morgan fingerprint density at radius 1 is 1.19 bits per heavy atom. The van der Waals surface area contributed by atoms with Crippen molar-refractivity contribution in [3.8, 4) is 5.75 Å². The predicted molar refractivity (Wildman–Crippen MR) is 112 cm³/mol. The van der Waals surface area contributed by atoms with Crippen molar-refractivity contribution in [2.45, 2.75) is 20.8 Å². The minimum atomic E-state index is -0.131. The first-order chi connectivity index (χ1) is 12.5. The SMILES string of the molecule is CCOc1ccc(/C=C2\SC(=Nc3cc(C)c(Br)c(C)c3)NC2=O)cc1. The molecule has 4 nitrogen and oxygen atoms in total. The van der Waals surface area contributed by atoms with E-state index >= 15 is 0 Å². The second-order valence-electron chi connectivity index (χ2n) is 5.88. The number of benzene rings is 2. The van der Waals surface area contributed by atoms with Crippen molar-refractivity contribution in [1.29, 1.82) is 0 Å². The van der Waals surface area contributed by atoms with E-state index < -0.39 is 0 Å². The lowest BCUT2D eigenvalue weighted by Gasteiger charge is -2.04. The lowest BCUT2D eigenvalue weighted by atomic mass is 10.1. The fraction of sp³-hybridized carbons (Fsp3) is 0.200. The largest absolute Gasteiger partial charge is 0.494 e. The molecule has 2 aromatic rings. The van der Waals surface area contributed by atoms with E-state index in [1.54, 1.807) is 0 Å². The highest BCUT2D eigenvalue weighted by Crippen LogP contribution is 2.31. The van der Waals surface area contributed by atoms with Crippen LogP contribution in [0.4, 0.5) is 5.69 Å². The molecule has 1 aliphatic heterocycles. The Bertz CT molecular complexity index is 882. The van der Waals surface area contributed by atoms with E-state index in [0.29, 0.717) is 16.7 Å². The molecule has 1 amide bonds. The summed E-state index contributed by atoms with van der Waals surface area (Å²) in [7, 11) is 0. The number of ether oxygens (including phenoxy) is 1. The summed E-state index contributed by atoms with van der Waals surface area (Å²) in [5.41, 5.74) is 4.00. The minimum absolute atomic E-state index is 0.131. The number of nitrogens with zero attached hydrogens (tertiary/aromatic N) is 1. The van der Waals surface area contributed by atoms with Crippen LogP contribution in [0.3, 0.4) is 0 Å². The smallest absolute Gasteiger partial charge is 0.264 e. The molecule has 26 heavy (non-hydrogen) atoms. The van der Waals surface area contributed by atoms with Crippen LogP contribution in [-0.2, 0) is 4.79 Å². The summed E-state index contributed by atoms with van der Waals surface area (Å²) >= 11 is 4.90. The van der Waals surface area contributed by atoms with Crippen molar-refractivity contribution >= 4 is 50.5 Å². The monoisotopic (exact) mass is 430 g/mol. The Morgan fingerprint density at radius 2 is 1.85 bits per heavy atom. The van der Waals surface area contributed by atoms with Gasteiger partial charge < -0.3 is 10.1 Å². The Morgan fingerprint density at radius 3 is 2.46 bits per heavy atom. The highest BCUT2D eigenvalue weighted by molar-refractivity contribution is 9.10. The second kappa shape index (κ2) is 8.10. The van der Waals surface area contributed by atoms with Gasteiger partial charge in [-0.15, -0.1) is 0 Å². The van der Waals surface area contributed by atoms with Crippen LogP contribution in [-0.4, -0.2) is 17.7 Å². The summed E-state index contributed by atoms with van der Waals surface area (Å²) in [6.07, 6.45) is 1.86. The molecule has 0 radical (unpaired) electrons. The Hall–Kier alpha value is -2.05. The molecule has 0 bridgehead atoms. The number of hydrogen-bond donors (Lipinski definition) is 1. The number of amides is 1. The van der Waals surface area contributed by atoms with Crippen LogP contribution in [0.15, 0.2) is 50.8 Å². The maximum Gasteiger partial charge on any atom is 0.264 e. The maximum atomic E-state index is 12.2. The van der Waals surface area contributed by atoms with E-state index in [4.69, 9.17) is 4.74 Å². The van der Waals surface area contributed by atoms with Crippen molar-refractivity contribution in [1.82, 2.24) is 5.32 Å². The van der Waals surface area contributed by atoms with E-state index in [1.807, 2.05) is 63.2 Å². The Kier molecular flexibility index (Phi) is 5.84. The average Bonchev–Trinajstić information content (AvgIpc) is 2.94. The summed E-state index contributed by atoms with van der Waals surface area (Å²) in [5.74, 6) is 0.689. The van der Waals surface area contributed by atoms with Gasteiger partial charge in [0.05, 0.1) is 17.2 Å². The molecule has 2 aromatic carbocycles. The number of carbonyl (C=O) groups is 1. The zero-order valence-electron chi connectivity index (χ0n) is 14.8. The molecule has 0 aromatic heterocycles. The molecule has 1 heterocycles. The summed E-state index contributed by atoms with van der Waals surface area (Å²) in [6.45, 7) is 6.63. The summed E-state index contributed by atoms with van der Waals surface area (Å²) < 4.78 is 6.52. The number of amidine groups is 1. The average molecular weight is 431 g/mol. The first kappa shape index (κ1) is 18.7.